The summed E-state index contributed by atoms with van der Waals surface area (Å²) in [6.45, 7) is 6.50. The Morgan fingerprint density at radius 2 is 1.93 bits per heavy atom. The number of hydrogen-bond donors (Lipinski definition) is 1. The summed E-state index contributed by atoms with van der Waals surface area (Å²) >= 11 is 0. The van der Waals surface area contributed by atoms with Gasteiger partial charge in [-0.25, -0.2) is 0 Å². The summed E-state index contributed by atoms with van der Waals surface area (Å²) < 4.78 is 5.95. The van der Waals surface area contributed by atoms with Gasteiger partial charge in [-0.2, -0.15) is 0 Å². The molecule has 1 saturated carbocycles. The highest BCUT2D eigenvalue weighted by molar-refractivity contribution is 4.70. The van der Waals surface area contributed by atoms with Crippen LogP contribution in [0.2, 0.25) is 0 Å². The van der Waals surface area contributed by atoms with Crippen LogP contribution in [0.1, 0.15) is 58.8 Å². The van der Waals surface area contributed by atoms with Gasteiger partial charge in [0.1, 0.15) is 0 Å². The maximum absolute atomic E-state index is 5.95. The second-order valence-electron chi connectivity index (χ2n) is 4.68. The normalized spacial score (nSPS) is 19.6. The highest BCUT2D eigenvalue weighted by Crippen LogP contribution is 2.21. The van der Waals surface area contributed by atoms with E-state index < -0.39 is 0 Å². The maximum Gasteiger partial charge on any atom is 0.0623 e. The molecule has 1 rings (SSSR count). The van der Waals surface area contributed by atoms with E-state index in [0.29, 0.717) is 12.1 Å². The molecule has 1 aliphatic rings. The third-order valence-corrected chi connectivity index (χ3v) is 3.16. The number of ether oxygens (including phenoxy) is 1. The van der Waals surface area contributed by atoms with Crippen LogP contribution in [0, 0.1) is 0 Å². The zero-order valence-electron chi connectivity index (χ0n) is 10.4. The summed E-state index contributed by atoms with van der Waals surface area (Å²) in [5, 5.41) is 3.57. The van der Waals surface area contributed by atoms with Gasteiger partial charge in [-0.3, -0.25) is 0 Å². The molecule has 2 heteroatoms. The van der Waals surface area contributed by atoms with Crippen molar-refractivity contribution in [1.29, 1.82) is 0 Å². The SMILES string of the molecule is CCCNC(CCC)COC1CCCC1. The van der Waals surface area contributed by atoms with Crippen molar-refractivity contribution in [2.75, 3.05) is 13.2 Å². The summed E-state index contributed by atoms with van der Waals surface area (Å²) in [6, 6.07) is 0.579. The molecular formula is C13H27NO. The molecule has 0 radical (unpaired) electrons. The number of hydrogen-bond acceptors (Lipinski definition) is 2. The Kier molecular flexibility index (Phi) is 7.03. The Labute approximate surface area is 94.8 Å². The fourth-order valence-corrected chi connectivity index (χ4v) is 2.25. The van der Waals surface area contributed by atoms with Gasteiger partial charge in [0.15, 0.2) is 0 Å². The van der Waals surface area contributed by atoms with E-state index in [2.05, 4.69) is 19.2 Å². The molecule has 1 unspecified atom stereocenters. The molecule has 90 valence electrons. The number of rotatable bonds is 8. The highest BCUT2D eigenvalue weighted by Gasteiger charge is 2.17. The van der Waals surface area contributed by atoms with Crippen LogP contribution in [0.15, 0.2) is 0 Å². The molecule has 0 spiro atoms. The maximum atomic E-state index is 5.95. The van der Waals surface area contributed by atoms with Crippen LogP contribution in [0.5, 0.6) is 0 Å². The Hall–Kier alpha value is -0.0800. The van der Waals surface area contributed by atoms with Crippen molar-refractivity contribution in [2.24, 2.45) is 0 Å². The average molecular weight is 213 g/mol. The second-order valence-corrected chi connectivity index (χ2v) is 4.68. The lowest BCUT2D eigenvalue weighted by Crippen LogP contribution is -2.35. The van der Waals surface area contributed by atoms with Crippen LogP contribution in [0.25, 0.3) is 0 Å². The summed E-state index contributed by atoms with van der Waals surface area (Å²) in [7, 11) is 0. The first kappa shape index (κ1) is 13.0. The minimum absolute atomic E-state index is 0.563. The quantitative estimate of drug-likeness (QED) is 0.669. The smallest absolute Gasteiger partial charge is 0.0623 e. The second kappa shape index (κ2) is 8.12. The molecule has 0 aromatic rings. The van der Waals surface area contributed by atoms with E-state index in [4.69, 9.17) is 4.74 Å². The van der Waals surface area contributed by atoms with Crippen molar-refractivity contribution in [3.63, 3.8) is 0 Å². The lowest BCUT2D eigenvalue weighted by molar-refractivity contribution is 0.0412. The molecular weight excluding hydrogens is 186 g/mol. The molecule has 0 heterocycles. The van der Waals surface area contributed by atoms with Crippen LogP contribution < -0.4 is 5.32 Å². The van der Waals surface area contributed by atoms with Gasteiger partial charge in [0.05, 0.1) is 12.7 Å². The molecule has 1 N–H and O–H groups in total. The molecule has 0 bridgehead atoms. The van der Waals surface area contributed by atoms with Gasteiger partial charge in [0.25, 0.3) is 0 Å². The predicted molar refractivity (Wildman–Crippen MR) is 65.2 cm³/mol. The first-order chi connectivity index (χ1) is 7.36. The summed E-state index contributed by atoms with van der Waals surface area (Å²) in [5.74, 6) is 0. The molecule has 0 amide bonds. The van der Waals surface area contributed by atoms with Crippen LogP contribution in [0.3, 0.4) is 0 Å². The molecule has 1 atom stereocenters. The first-order valence-corrected chi connectivity index (χ1v) is 6.71. The van der Waals surface area contributed by atoms with E-state index in [1.165, 1.54) is 44.9 Å². The van der Waals surface area contributed by atoms with Crippen molar-refractivity contribution < 1.29 is 4.74 Å². The summed E-state index contributed by atoms with van der Waals surface area (Å²) in [5.41, 5.74) is 0. The first-order valence-electron chi connectivity index (χ1n) is 6.71. The fourth-order valence-electron chi connectivity index (χ4n) is 2.25. The molecule has 0 aliphatic heterocycles. The molecule has 0 aromatic carbocycles. The van der Waals surface area contributed by atoms with Gasteiger partial charge in [-0.05, 0) is 32.2 Å². The topological polar surface area (TPSA) is 21.3 Å². The van der Waals surface area contributed by atoms with Crippen molar-refractivity contribution in [3.05, 3.63) is 0 Å². The average Bonchev–Trinajstić information content (AvgIpc) is 2.75. The Balaban J connectivity index is 2.11. The van der Waals surface area contributed by atoms with Crippen molar-refractivity contribution in [3.8, 4) is 0 Å². The van der Waals surface area contributed by atoms with Gasteiger partial charge < -0.3 is 10.1 Å². The third kappa shape index (κ3) is 5.53. The van der Waals surface area contributed by atoms with Gasteiger partial charge in [0.2, 0.25) is 0 Å². The Morgan fingerprint density at radius 3 is 2.53 bits per heavy atom. The van der Waals surface area contributed by atoms with Gasteiger partial charge in [-0.15, -0.1) is 0 Å². The van der Waals surface area contributed by atoms with Crippen LogP contribution in [0.4, 0.5) is 0 Å². The largest absolute Gasteiger partial charge is 0.377 e. The molecule has 2 nitrogen and oxygen atoms in total. The van der Waals surface area contributed by atoms with Crippen LogP contribution in [-0.4, -0.2) is 25.3 Å². The molecule has 1 fully saturated rings. The molecule has 1 aliphatic carbocycles. The van der Waals surface area contributed by atoms with Crippen molar-refractivity contribution in [2.45, 2.75) is 70.9 Å². The van der Waals surface area contributed by atoms with Gasteiger partial charge in [-0.1, -0.05) is 33.1 Å². The minimum Gasteiger partial charge on any atom is -0.377 e. The van der Waals surface area contributed by atoms with Gasteiger partial charge >= 0.3 is 0 Å². The standard InChI is InChI=1S/C13H27NO/c1-3-7-12(14-10-4-2)11-15-13-8-5-6-9-13/h12-14H,3-11H2,1-2H3. The highest BCUT2D eigenvalue weighted by atomic mass is 16.5. The number of nitrogens with one attached hydrogen (secondary N) is 1. The third-order valence-electron chi connectivity index (χ3n) is 3.16. The lowest BCUT2D eigenvalue weighted by atomic mass is 10.1. The fraction of sp³-hybridized carbons (Fsp3) is 1.00. The Morgan fingerprint density at radius 1 is 1.20 bits per heavy atom. The van der Waals surface area contributed by atoms with Crippen molar-refractivity contribution in [1.82, 2.24) is 5.32 Å². The van der Waals surface area contributed by atoms with E-state index in [1.54, 1.807) is 0 Å². The van der Waals surface area contributed by atoms with E-state index in [-0.39, 0.29) is 0 Å². The molecule has 0 aromatic heterocycles. The molecule has 15 heavy (non-hydrogen) atoms. The van der Waals surface area contributed by atoms with E-state index in [9.17, 15) is 0 Å². The minimum atomic E-state index is 0.563. The zero-order valence-corrected chi connectivity index (χ0v) is 10.4. The van der Waals surface area contributed by atoms with Crippen LogP contribution in [-0.2, 0) is 4.74 Å². The van der Waals surface area contributed by atoms with Crippen LogP contribution >= 0.6 is 0 Å². The predicted octanol–water partition coefficient (Wildman–Crippen LogP) is 3.11. The summed E-state index contributed by atoms with van der Waals surface area (Å²) in [6.07, 6.45) is 9.56. The lowest BCUT2D eigenvalue weighted by Gasteiger charge is -2.20. The molecule has 0 saturated heterocycles. The van der Waals surface area contributed by atoms with Crippen molar-refractivity contribution >= 4 is 0 Å². The monoisotopic (exact) mass is 213 g/mol. The summed E-state index contributed by atoms with van der Waals surface area (Å²) in [4.78, 5) is 0. The van der Waals surface area contributed by atoms with Gasteiger partial charge in [0, 0.05) is 6.04 Å². The Bertz CT molecular complexity index is 143. The van der Waals surface area contributed by atoms with E-state index in [1.807, 2.05) is 0 Å². The zero-order chi connectivity index (χ0) is 10.9. The van der Waals surface area contributed by atoms with E-state index >= 15 is 0 Å². The van der Waals surface area contributed by atoms with E-state index in [0.717, 1.165) is 13.2 Å².